The van der Waals surface area contributed by atoms with Crippen LogP contribution in [0.15, 0.2) is 30.3 Å². The summed E-state index contributed by atoms with van der Waals surface area (Å²) in [5.74, 6) is -0.842. The van der Waals surface area contributed by atoms with Crippen molar-refractivity contribution in [3.8, 4) is 0 Å². The van der Waals surface area contributed by atoms with Crippen molar-refractivity contribution in [1.82, 2.24) is 10.6 Å². The molecule has 0 spiro atoms. The number of hydrogen-bond acceptors (Lipinski definition) is 6. The van der Waals surface area contributed by atoms with E-state index in [0.29, 0.717) is 30.7 Å². The van der Waals surface area contributed by atoms with Crippen LogP contribution in [0, 0.1) is 5.92 Å². The average Bonchev–Trinajstić information content (AvgIpc) is 3.45. The highest BCUT2D eigenvalue weighted by Crippen LogP contribution is 2.30. The number of carbonyl (C=O) groups excluding carboxylic acids is 4. The highest BCUT2D eigenvalue weighted by molar-refractivity contribution is 7.98. The molecule has 0 radical (unpaired) electrons. The Kier molecular flexibility index (Phi) is 11.5. The third-order valence-electron chi connectivity index (χ3n) is 7.42. The molecule has 2 aliphatic carbocycles. The van der Waals surface area contributed by atoms with E-state index in [9.17, 15) is 19.2 Å². The molecule has 0 aromatic heterocycles. The summed E-state index contributed by atoms with van der Waals surface area (Å²) in [5.41, 5.74) is -0.455. The number of ether oxygens (including phenoxy) is 1. The molecule has 2 saturated carbocycles. The fourth-order valence-electron chi connectivity index (χ4n) is 5.35. The van der Waals surface area contributed by atoms with Crippen LogP contribution >= 0.6 is 11.8 Å². The zero-order valence-electron chi connectivity index (χ0n) is 23.0. The zero-order valence-corrected chi connectivity index (χ0v) is 23.8. The molecule has 3 rings (SSSR count). The van der Waals surface area contributed by atoms with Gasteiger partial charge in [0, 0.05) is 11.7 Å². The second-order valence-electron chi connectivity index (χ2n) is 10.9. The van der Waals surface area contributed by atoms with Gasteiger partial charge in [0.25, 0.3) is 5.91 Å². The minimum absolute atomic E-state index is 0.0344. The maximum Gasteiger partial charge on any atom is 0.408 e. The van der Waals surface area contributed by atoms with Gasteiger partial charge in [-0.2, -0.15) is 11.8 Å². The van der Waals surface area contributed by atoms with E-state index in [1.54, 1.807) is 16.7 Å². The summed E-state index contributed by atoms with van der Waals surface area (Å²) in [6, 6.07) is 8.30. The molecule has 8 nitrogen and oxygen atoms in total. The average molecular weight is 546 g/mol. The summed E-state index contributed by atoms with van der Waals surface area (Å²) in [7, 11) is 0. The Morgan fingerprint density at radius 3 is 2.29 bits per heavy atom. The van der Waals surface area contributed by atoms with E-state index in [-0.39, 0.29) is 18.6 Å². The molecule has 0 unspecified atom stereocenters. The van der Waals surface area contributed by atoms with E-state index >= 15 is 0 Å². The summed E-state index contributed by atoms with van der Waals surface area (Å²) < 4.78 is 5.31. The van der Waals surface area contributed by atoms with Crippen LogP contribution in [0.5, 0.6) is 0 Å². The second-order valence-corrected chi connectivity index (χ2v) is 11.9. The number of benzene rings is 1. The van der Waals surface area contributed by atoms with Crippen LogP contribution in [-0.4, -0.2) is 59.9 Å². The third-order valence-corrected chi connectivity index (χ3v) is 8.06. The van der Waals surface area contributed by atoms with E-state index in [0.717, 1.165) is 44.9 Å². The number of amides is 3. The van der Waals surface area contributed by atoms with Gasteiger partial charge in [-0.1, -0.05) is 64.2 Å². The number of rotatable bonds is 12. The quantitative estimate of drug-likeness (QED) is 0.364. The lowest BCUT2D eigenvalue weighted by Gasteiger charge is -2.37. The minimum Gasteiger partial charge on any atom is -0.449 e. The number of Topliss-reactive ketones (excluding diaryl/α,β-unsaturated/α-hetero) is 1. The summed E-state index contributed by atoms with van der Waals surface area (Å²) in [4.78, 5) is 55.4. The van der Waals surface area contributed by atoms with Gasteiger partial charge in [-0.3, -0.25) is 14.4 Å². The minimum atomic E-state index is -1.15. The van der Waals surface area contributed by atoms with E-state index in [1.807, 2.05) is 50.4 Å². The number of anilines is 1. The Morgan fingerprint density at radius 2 is 1.68 bits per heavy atom. The molecule has 38 heavy (non-hydrogen) atoms. The van der Waals surface area contributed by atoms with Gasteiger partial charge in [0.15, 0.2) is 0 Å². The maximum absolute atomic E-state index is 13.7. The molecular weight excluding hydrogens is 502 g/mol. The number of carbonyl (C=O) groups is 4. The standard InChI is InChI=1S/C29H43N3O5S/c1-21(2)20-37-28(36)31-29(17-10-5-11-18-29)27(35)30-24(16-19-38-3)25(33)26(34)32(23-14-8-9-15-23)22-12-6-4-7-13-22/h4,6-7,12-13,21,23-24H,5,8-11,14-20H2,1-3H3,(H,30,35)(H,31,36)/t24-/m0/s1. The van der Waals surface area contributed by atoms with Crippen LogP contribution in [0.3, 0.4) is 0 Å². The molecule has 2 fully saturated rings. The van der Waals surface area contributed by atoms with Crippen LogP contribution < -0.4 is 15.5 Å². The number of hydrogen-bond donors (Lipinski definition) is 2. The van der Waals surface area contributed by atoms with Gasteiger partial charge in [-0.15, -0.1) is 0 Å². The Labute approximate surface area is 231 Å². The molecule has 1 aromatic carbocycles. The fourth-order valence-corrected chi connectivity index (χ4v) is 5.82. The van der Waals surface area contributed by atoms with E-state index in [1.165, 1.54) is 0 Å². The molecule has 0 aliphatic heterocycles. The highest BCUT2D eigenvalue weighted by Gasteiger charge is 2.44. The number of nitrogens with one attached hydrogen (secondary N) is 2. The van der Waals surface area contributed by atoms with Crippen molar-refractivity contribution in [2.24, 2.45) is 5.92 Å². The normalized spacial score (nSPS) is 18.0. The van der Waals surface area contributed by atoms with Crippen molar-refractivity contribution in [3.63, 3.8) is 0 Å². The summed E-state index contributed by atoms with van der Waals surface area (Å²) in [5, 5.41) is 5.72. The monoisotopic (exact) mass is 545 g/mol. The van der Waals surface area contributed by atoms with E-state index in [4.69, 9.17) is 4.74 Å². The Balaban J connectivity index is 1.81. The summed E-state index contributed by atoms with van der Waals surface area (Å²) in [6.07, 6.45) is 8.82. The van der Waals surface area contributed by atoms with Gasteiger partial charge in [-0.25, -0.2) is 4.79 Å². The van der Waals surface area contributed by atoms with Crippen molar-refractivity contribution in [1.29, 1.82) is 0 Å². The lowest BCUT2D eigenvalue weighted by atomic mass is 9.80. The number of nitrogens with zero attached hydrogens (tertiary/aromatic N) is 1. The number of thioether (sulfide) groups is 1. The highest BCUT2D eigenvalue weighted by atomic mass is 32.2. The Morgan fingerprint density at radius 1 is 1.03 bits per heavy atom. The maximum atomic E-state index is 13.7. The smallest absolute Gasteiger partial charge is 0.408 e. The number of alkyl carbamates (subject to hydrolysis) is 1. The van der Waals surface area contributed by atoms with Crippen LogP contribution in [0.4, 0.5) is 10.5 Å². The van der Waals surface area contributed by atoms with Gasteiger partial charge in [-0.05, 0) is 62.2 Å². The molecule has 3 amide bonds. The van der Waals surface area contributed by atoms with Crippen molar-refractivity contribution in [2.45, 2.75) is 95.7 Å². The second kappa shape index (κ2) is 14.6. The number of para-hydroxylation sites is 1. The molecule has 210 valence electrons. The molecule has 2 N–H and O–H groups in total. The molecule has 1 aromatic rings. The van der Waals surface area contributed by atoms with Crippen molar-refractivity contribution in [2.75, 3.05) is 23.5 Å². The summed E-state index contributed by atoms with van der Waals surface area (Å²) >= 11 is 1.55. The first-order valence-electron chi connectivity index (χ1n) is 13.9. The molecule has 0 saturated heterocycles. The van der Waals surface area contributed by atoms with Crippen LogP contribution in [0.1, 0.15) is 78.1 Å². The SMILES string of the molecule is CSCC[C@H](NC(=O)C1(NC(=O)OCC(C)C)CCCCC1)C(=O)C(=O)N(c1ccccc1)C1CCCC1. The van der Waals surface area contributed by atoms with Crippen molar-refractivity contribution < 1.29 is 23.9 Å². The molecule has 1 atom stereocenters. The van der Waals surface area contributed by atoms with Gasteiger partial charge in [0.2, 0.25) is 11.7 Å². The van der Waals surface area contributed by atoms with Crippen molar-refractivity contribution >= 4 is 41.1 Å². The number of ketones is 1. The molecule has 2 aliphatic rings. The largest absolute Gasteiger partial charge is 0.449 e. The molecule has 0 heterocycles. The van der Waals surface area contributed by atoms with E-state index < -0.39 is 35.3 Å². The van der Waals surface area contributed by atoms with E-state index in [2.05, 4.69) is 10.6 Å². The summed E-state index contributed by atoms with van der Waals surface area (Å²) in [6.45, 7) is 4.14. The van der Waals surface area contributed by atoms with Gasteiger partial charge in [0.05, 0.1) is 12.6 Å². The first-order valence-corrected chi connectivity index (χ1v) is 15.3. The molecular formula is C29H43N3O5S. The van der Waals surface area contributed by atoms with Gasteiger partial charge >= 0.3 is 6.09 Å². The lowest BCUT2D eigenvalue weighted by Crippen LogP contribution is -2.63. The predicted molar refractivity (Wildman–Crippen MR) is 151 cm³/mol. The first kappa shape index (κ1) is 30.0. The first-order chi connectivity index (χ1) is 18.3. The Bertz CT molecular complexity index is 943. The fraction of sp³-hybridized carbons (Fsp3) is 0.655. The third kappa shape index (κ3) is 7.98. The van der Waals surface area contributed by atoms with Crippen LogP contribution in [0.2, 0.25) is 0 Å². The van der Waals surface area contributed by atoms with Crippen molar-refractivity contribution in [3.05, 3.63) is 30.3 Å². The molecule has 9 heteroatoms. The topological polar surface area (TPSA) is 105 Å². The van der Waals surface area contributed by atoms with Gasteiger partial charge in [0.1, 0.15) is 5.54 Å². The Hall–Kier alpha value is -2.55. The molecule has 0 bridgehead atoms. The van der Waals surface area contributed by atoms with Crippen LogP contribution in [-0.2, 0) is 19.1 Å². The lowest BCUT2D eigenvalue weighted by molar-refractivity contribution is -0.140. The predicted octanol–water partition coefficient (Wildman–Crippen LogP) is 4.85. The van der Waals surface area contributed by atoms with Crippen LogP contribution in [0.25, 0.3) is 0 Å². The zero-order chi connectivity index (χ0) is 27.5. The van der Waals surface area contributed by atoms with Gasteiger partial charge < -0.3 is 20.3 Å².